The summed E-state index contributed by atoms with van der Waals surface area (Å²) in [5.74, 6) is 0.198. The van der Waals surface area contributed by atoms with E-state index in [1.807, 2.05) is 20.8 Å². The highest BCUT2D eigenvalue weighted by Gasteiger charge is 2.39. The topological polar surface area (TPSA) is 49.4 Å². The number of halogens is 5. The summed E-state index contributed by atoms with van der Waals surface area (Å²) in [6, 6.07) is 5.61. The molecule has 10 heteroatoms. The molecule has 2 aliphatic rings. The molecule has 0 spiro atoms. The summed E-state index contributed by atoms with van der Waals surface area (Å²) in [7, 11) is 0. The average Bonchev–Trinajstić information content (AvgIpc) is 3.20. The first kappa shape index (κ1) is 24.5. The number of hydrogen-bond donors (Lipinski definition) is 2. The van der Waals surface area contributed by atoms with Gasteiger partial charge in [0.2, 0.25) is 0 Å². The van der Waals surface area contributed by atoms with Crippen molar-refractivity contribution in [1.82, 2.24) is 10.3 Å². The Morgan fingerprint density at radius 1 is 1.18 bits per heavy atom. The van der Waals surface area contributed by atoms with Gasteiger partial charge in [0, 0.05) is 47.6 Å². The lowest BCUT2D eigenvalue weighted by molar-refractivity contribution is -0.137. The number of anilines is 2. The van der Waals surface area contributed by atoms with Crippen molar-refractivity contribution in [2.75, 3.05) is 23.5 Å². The average molecular weight is 485 g/mol. The van der Waals surface area contributed by atoms with Crippen molar-refractivity contribution in [3.63, 3.8) is 0 Å². The number of pyridine rings is 1. The molecule has 3 heterocycles. The van der Waals surface area contributed by atoms with Crippen molar-refractivity contribution in [3.05, 3.63) is 47.3 Å². The fraction of sp³-hybridized carbons (Fsp3) is 0.542. The van der Waals surface area contributed by atoms with E-state index in [0.29, 0.717) is 18.8 Å². The van der Waals surface area contributed by atoms with Gasteiger partial charge in [-0.25, -0.2) is 8.78 Å². The van der Waals surface area contributed by atoms with Crippen LogP contribution in [0.1, 0.15) is 62.8 Å². The zero-order valence-corrected chi connectivity index (χ0v) is 19.3. The van der Waals surface area contributed by atoms with Gasteiger partial charge in [0.1, 0.15) is 12.4 Å². The second-order valence-electron chi connectivity index (χ2n) is 9.32. The molecule has 4 rings (SSSR count). The highest BCUT2D eigenvalue weighted by atomic mass is 19.4. The molecule has 186 valence electrons. The largest absolute Gasteiger partial charge is 0.492 e. The highest BCUT2D eigenvalue weighted by Crippen LogP contribution is 2.46. The maximum Gasteiger partial charge on any atom is 0.418 e. The first-order valence-electron chi connectivity index (χ1n) is 11.4. The molecule has 34 heavy (non-hydrogen) atoms. The summed E-state index contributed by atoms with van der Waals surface area (Å²) in [4.78, 5) is 5.91. The van der Waals surface area contributed by atoms with Crippen molar-refractivity contribution in [2.45, 2.75) is 70.3 Å². The number of piperidine rings is 1. The number of nitrogens with zero attached hydrogens (tertiary/aromatic N) is 2. The number of fused-ring (bicyclic) bond motifs is 1. The van der Waals surface area contributed by atoms with Crippen LogP contribution in [0.3, 0.4) is 0 Å². The van der Waals surface area contributed by atoms with Gasteiger partial charge in [0.05, 0.1) is 23.6 Å². The van der Waals surface area contributed by atoms with Crippen LogP contribution in [0, 0.1) is 0 Å². The second-order valence-corrected chi connectivity index (χ2v) is 9.32. The smallest absolute Gasteiger partial charge is 0.418 e. The number of benzene rings is 1. The Morgan fingerprint density at radius 3 is 2.56 bits per heavy atom. The van der Waals surface area contributed by atoms with Gasteiger partial charge in [-0.2, -0.15) is 13.2 Å². The molecule has 1 aromatic carbocycles. The van der Waals surface area contributed by atoms with Crippen LogP contribution in [0.15, 0.2) is 30.5 Å². The lowest BCUT2D eigenvalue weighted by atomic mass is 9.86. The monoisotopic (exact) mass is 484 g/mol. The highest BCUT2D eigenvalue weighted by molar-refractivity contribution is 5.80. The van der Waals surface area contributed by atoms with Gasteiger partial charge >= 0.3 is 6.18 Å². The van der Waals surface area contributed by atoms with Gasteiger partial charge < -0.3 is 20.3 Å². The summed E-state index contributed by atoms with van der Waals surface area (Å²) in [6.45, 7) is 6.20. The van der Waals surface area contributed by atoms with Crippen LogP contribution in [0.2, 0.25) is 0 Å². The zero-order chi connectivity index (χ0) is 24.6. The van der Waals surface area contributed by atoms with Gasteiger partial charge in [0.15, 0.2) is 0 Å². The molecule has 0 amide bonds. The van der Waals surface area contributed by atoms with Crippen molar-refractivity contribution in [2.24, 2.45) is 0 Å². The van der Waals surface area contributed by atoms with E-state index in [-0.39, 0.29) is 47.7 Å². The van der Waals surface area contributed by atoms with Crippen LogP contribution in [0.4, 0.5) is 33.3 Å². The van der Waals surface area contributed by atoms with Gasteiger partial charge in [0.25, 0.3) is 6.43 Å². The minimum absolute atomic E-state index is 0.0450. The minimum Gasteiger partial charge on any atom is -0.492 e. The first-order chi connectivity index (χ1) is 16.0. The molecule has 1 fully saturated rings. The molecule has 5 nitrogen and oxygen atoms in total. The molecule has 0 radical (unpaired) electrons. The Kier molecular flexibility index (Phi) is 6.89. The maximum absolute atomic E-state index is 13.8. The third-order valence-corrected chi connectivity index (χ3v) is 6.40. The Balaban J connectivity index is 1.48. The van der Waals surface area contributed by atoms with E-state index < -0.39 is 18.2 Å². The first-order valence-corrected chi connectivity index (χ1v) is 11.4. The Bertz CT molecular complexity index is 996. The molecule has 1 aromatic heterocycles. The van der Waals surface area contributed by atoms with E-state index in [9.17, 15) is 22.0 Å². The molecular formula is C24H29F5N4O. The maximum atomic E-state index is 13.8. The van der Waals surface area contributed by atoms with E-state index in [4.69, 9.17) is 4.74 Å². The van der Waals surface area contributed by atoms with Crippen LogP contribution in [-0.4, -0.2) is 36.4 Å². The summed E-state index contributed by atoms with van der Waals surface area (Å²) < 4.78 is 73.0. The molecule has 3 atom stereocenters. The summed E-state index contributed by atoms with van der Waals surface area (Å²) >= 11 is 0. The lowest BCUT2D eigenvalue weighted by Crippen LogP contribution is -2.46. The van der Waals surface area contributed by atoms with Crippen LogP contribution >= 0.6 is 0 Å². The summed E-state index contributed by atoms with van der Waals surface area (Å²) in [5, 5.41) is 6.46. The Labute approximate surface area is 195 Å². The van der Waals surface area contributed by atoms with Crippen molar-refractivity contribution in [3.8, 4) is 5.75 Å². The number of hydrogen-bond acceptors (Lipinski definition) is 5. The normalized spacial score (nSPS) is 22.8. The van der Waals surface area contributed by atoms with E-state index in [2.05, 4.69) is 15.6 Å². The molecule has 2 aliphatic heterocycles. The van der Waals surface area contributed by atoms with Crippen LogP contribution in [0.5, 0.6) is 5.75 Å². The number of ether oxygens (including phenoxy) is 1. The second kappa shape index (κ2) is 9.56. The van der Waals surface area contributed by atoms with Crippen LogP contribution in [0.25, 0.3) is 0 Å². The molecule has 0 bridgehead atoms. The van der Waals surface area contributed by atoms with Crippen molar-refractivity contribution >= 4 is 11.4 Å². The molecule has 3 unspecified atom stereocenters. The fourth-order valence-corrected chi connectivity index (χ4v) is 4.79. The van der Waals surface area contributed by atoms with E-state index in [1.165, 1.54) is 12.3 Å². The van der Waals surface area contributed by atoms with Gasteiger partial charge in [-0.05, 0) is 51.8 Å². The lowest BCUT2D eigenvalue weighted by Gasteiger charge is -2.34. The predicted octanol–water partition coefficient (Wildman–Crippen LogP) is 5.94. The van der Waals surface area contributed by atoms with Gasteiger partial charge in [-0.3, -0.25) is 4.98 Å². The molecule has 0 aliphatic carbocycles. The molecule has 1 saturated heterocycles. The number of rotatable bonds is 6. The third kappa shape index (κ3) is 5.21. The number of alkyl halides is 5. The molecule has 2 aromatic rings. The van der Waals surface area contributed by atoms with Gasteiger partial charge in [-0.15, -0.1) is 0 Å². The van der Waals surface area contributed by atoms with Crippen LogP contribution in [-0.2, 0) is 6.18 Å². The minimum atomic E-state index is -4.51. The number of aromatic nitrogens is 1. The van der Waals surface area contributed by atoms with E-state index >= 15 is 0 Å². The number of nitrogens with one attached hydrogen (secondary N) is 2. The van der Waals surface area contributed by atoms with Crippen LogP contribution < -0.4 is 20.3 Å². The van der Waals surface area contributed by atoms with Gasteiger partial charge in [-0.1, -0.05) is 0 Å². The fourth-order valence-electron chi connectivity index (χ4n) is 4.79. The quantitative estimate of drug-likeness (QED) is 0.497. The summed E-state index contributed by atoms with van der Waals surface area (Å²) in [5.41, 5.74) is 0.456. The predicted molar refractivity (Wildman–Crippen MR) is 121 cm³/mol. The van der Waals surface area contributed by atoms with E-state index in [0.717, 1.165) is 18.2 Å². The molecular weight excluding hydrogens is 455 g/mol. The third-order valence-electron chi connectivity index (χ3n) is 6.40. The standard InChI is InChI=1S/C24H29F5N4O/c1-13(2)33-12-31-21-9-18(8-19(22(21)33)24(27,28)29)34-11-17-7-16(6-14(3)32-17)20-5-4-15(10-30-20)23(25)26/h4-5,8-10,13-14,16-17,23,31-32H,6-7,11-12H2,1-3H3. The van der Waals surface area contributed by atoms with E-state index in [1.54, 1.807) is 17.0 Å². The van der Waals surface area contributed by atoms with Crippen molar-refractivity contribution < 1.29 is 26.7 Å². The Hall–Kier alpha value is -2.62. The summed E-state index contributed by atoms with van der Waals surface area (Å²) in [6.07, 6.45) is -4.45. The zero-order valence-electron chi connectivity index (χ0n) is 19.3. The Morgan fingerprint density at radius 2 is 1.94 bits per heavy atom. The van der Waals surface area contributed by atoms with Crippen molar-refractivity contribution in [1.29, 1.82) is 0 Å². The molecule has 2 N–H and O–H groups in total. The SMILES string of the molecule is CC1CC(c2ccc(C(F)F)cn2)CC(COc2cc3c(c(C(F)(F)F)c2)N(C(C)C)CN3)N1. The molecule has 0 saturated carbocycles.